The highest BCUT2D eigenvalue weighted by molar-refractivity contribution is 7.17. The smallest absolute Gasteiger partial charge is 0.159 e. The molecule has 0 radical (unpaired) electrons. The van der Waals surface area contributed by atoms with Gasteiger partial charge in [0.25, 0.3) is 0 Å². The molecule has 2 aliphatic rings. The molecule has 2 saturated heterocycles. The predicted octanol–water partition coefficient (Wildman–Crippen LogP) is 4.35. The van der Waals surface area contributed by atoms with Crippen molar-refractivity contribution in [3.05, 3.63) is 35.1 Å². The van der Waals surface area contributed by atoms with E-state index in [1.54, 1.807) is 11.3 Å². The van der Waals surface area contributed by atoms with Gasteiger partial charge in [0.05, 0.1) is 26.9 Å². The number of nitrogens with one attached hydrogen (secondary N) is 1. The molecule has 3 aromatic heterocycles. The topological polar surface area (TPSA) is 83.7 Å². The lowest BCUT2D eigenvalue weighted by molar-refractivity contribution is 0.412. The lowest BCUT2D eigenvalue weighted by Crippen LogP contribution is -2.47. The molecular formula is C20H19ClN6S. The van der Waals surface area contributed by atoms with E-state index < -0.39 is 0 Å². The van der Waals surface area contributed by atoms with Crippen molar-refractivity contribution in [2.45, 2.75) is 43.8 Å². The maximum atomic E-state index is 6.68. The van der Waals surface area contributed by atoms with Gasteiger partial charge in [0.1, 0.15) is 11.3 Å². The number of aromatic nitrogens is 4. The van der Waals surface area contributed by atoms with Crippen LogP contribution < -0.4 is 10.6 Å². The third-order valence-corrected chi connectivity index (χ3v) is 7.50. The van der Waals surface area contributed by atoms with E-state index in [1.807, 2.05) is 30.0 Å². The summed E-state index contributed by atoms with van der Waals surface area (Å²) in [4.78, 5) is 19.8. The van der Waals surface area contributed by atoms with Gasteiger partial charge in [-0.2, -0.15) is 0 Å². The molecule has 0 aliphatic carbocycles. The molecular weight excluding hydrogens is 392 g/mol. The van der Waals surface area contributed by atoms with Crippen LogP contribution >= 0.6 is 22.9 Å². The zero-order chi connectivity index (χ0) is 18.8. The fourth-order valence-electron chi connectivity index (χ4n) is 4.91. The van der Waals surface area contributed by atoms with Gasteiger partial charge in [0.2, 0.25) is 0 Å². The van der Waals surface area contributed by atoms with Crippen LogP contribution in [-0.2, 0) is 0 Å². The number of aromatic amines is 1. The van der Waals surface area contributed by atoms with Gasteiger partial charge in [-0.25, -0.2) is 15.0 Å². The van der Waals surface area contributed by atoms with Gasteiger partial charge in [-0.15, -0.1) is 11.3 Å². The van der Waals surface area contributed by atoms with Gasteiger partial charge >= 0.3 is 0 Å². The molecule has 2 aliphatic heterocycles. The summed E-state index contributed by atoms with van der Waals surface area (Å²) >= 11 is 8.23. The largest absolute Gasteiger partial charge is 0.349 e. The molecule has 0 saturated carbocycles. The third kappa shape index (κ3) is 2.40. The van der Waals surface area contributed by atoms with Crippen LogP contribution in [0.1, 0.15) is 25.7 Å². The number of hydrogen-bond donors (Lipinski definition) is 2. The molecule has 6 nitrogen and oxygen atoms in total. The summed E-state index contributed by atoms with van der Waals surface area (Å²) in [6, 6.07) is 5.29. The average Bonchev–Trinajstić information content (AvgIpc) is 3.38. The molecule has 1 aromatic carbocycles. The van der Waals surface area contributed by atoms with Crippen LogP contribution in [0.5, 0.6) is 0 Å². The second-order valence-corrected chi connectivity index (χ2v) is 9.01. The van der Waals surface area contributed by atoms with E-state index in [1.165, 1.54) is 12.8 Å². The second kappa shape index (κ2) is 6.14. The summed E-state index contributed by atoms with van der Waals surface area (Å²) < 4.78 is 0.999. The Morgan fingerprint density at radius 1 is 1.14 bits per heavy atom. The van der Waals surface area contributed by atoms with Crippen LogP contribution in [-0.4, -0.2) is 38.1 Å². The summed E-state index contributed by atoms with van der Waals surface area (Å²) in [6.07, 6.45) is 8.31. The van der Waals surface area contributed by atoms with Crippen molar-refractivity contribution in [1.29, 1.82) is 0 Å². The first kappa shape index (κ1) is 16.7. The highest BCUT2D eigenvalue weighted by Crippen LogP contribution is 2.40. The number of benzene rings is 1. The zero-order valence-electron chi connectivity index (χ0n) is 15.1. The minimum Gasteiger partial charge on any atom is -0.349 e. The Labute approximate surface area is 170 Å². The van der Waals surface area contributed by atoms with Crippen LogP contribution in [0.2, 0.25) is 5.02 Å². The van der Waals surface area contributed by atoms with Gasteiger partial charge in [-0.1, -0.05) is 17.7 Å². The molecule has 5 heterocycles. The molecule has 0 unspecified atom stereocenters. The quantitative estimate of drug-likeness (QED) is 0.513. The van der Waals surface area contributed by atoms with Crippen molar-refractivity contribution >= 4 is 50.1 Å². The van der Waals surface area contributed by atoms with E-state index in [0.29, 0.717) is 18.1 Å². The molecule has 3 N–H and O–H groups in total. The van der Waals surface area contributed by atoms with E-state index in [9.17, 15) is 0 Å². The molecule has 142 valence electrons. The van der Waals surface area contributed by atoms with Gasteiger partial charge in [0, 0.05) is 35.4 Å². The van der Waals surface area contributed by atoms with Gasteiger partial charge in [-0.05, 0) is 31.7 Å². The Hall–Kier alpha value is -2.22. The number of piperidine rings is 1. The fraction of sp³-hybridized carbons (Fsp3) is 0.350. The van der Waals surface area contributed by atoms with Gasteiger partial charge in [0.15, 0.2) is 5.65 Å². The monoisotopic (exact) mass is 410 g/mol. The predicted molar refractivity (Wildman–Crippen MR) is 114 cm³/mol. The third-order valence-electron chi connectivity index (χ3n) is 6.13. The van der Waals surface area contributed by atoms with Gasteiger partial charge in [-0.3, -0.25) is 0 Å². The maximum absolute atomic E-state index is 6.68. The van der Waals surface area contributed by atoms with Crippen molar-refractivity contribution in [1.82, 2.24) is 19.9 Å². The molecule has 28 heavy (non-hydrogen) atoms. The molecule has 6 rings (SSSR count). The number of thiazole rings is 1. The highest BCUT2D eigenvalue weighted by atomic mass is 35.5. The van der Waals surface area contributed by atoms with Crippen LogP contribution in [0.4, 0.5) is 5.82 Å². The summed E-state index contributed by atoms with van der Waals surface area (Å²) in [7, 11) is 0. The van der Waals surface area contributed by atoms with Crippen molar-refractivity contribution < 1.29 is 0 Å². The Kier molecular flexibility index (Phi) is 3.66. The standard InChI is InChI=1S/C20H19ClN6S/c21-17-13(3-4-15-19(17)28-9-25-15)14-7-24-20-18(14)23-8-16(26-20)27-11-1-2-12(27)6-10(22)5-11/h3-4,7-12H,1-2,5-6,22H2,(H,24,26)/t10-,11+,12-. The second-order valence-electron chi connectivity index (χ2n) is 7.78. The lowest BCUT2D eigenvalue weighted by atomic mass is 9.98. The highest BCUT2D eigenvalue weighted by Gasteiger charge is 2.40. The van der Waals surface area contributed by atoms with Gasteiger partial charge < -0.3 is 15.6 Å². The van der Waals surface area contributed by atoms with Crippen molar-refractivity contribution in [3.63, 3.8) is 0 Å². The SMILES string of the molecule is N[C@H]1C[C@H]2CC[C@@H](C1)N2c1cnc2c(-c3ccc4ncsc4c3Cl)c[nH]c2n1. The fourth-order valence-corrected chi connectivity index (χ4v) is 6.03. The van der Waals surface area contributed by atoms with Crippen molar-refractivity contribution in [3.8, 4) is 11.1 Å². The Balaban J connectivity index is 1.43. The molecule has 0 amide bonds. The number of H-pyrrole nitrogens is 1. The Morgan fingerprint density at radius 2 is 1.96 bits per heavy atom. The van der Waals surface area contributed by atoms with Crippen molar-refractivity contribution in [2.75, 3.05) is 4.90 Å². The normalized spacial score (nSPS) is 24.5. The summed E-state index contributed by atoms with van der Waals surface area (Å²) in [5, 5.41) is 0.717. The first-order valence-corrected chi connectivity index (χ1v) is 10.8. The van der Waals surface area contributed by atoms with Crippen LogP contribution in [0.15, 0.2) is 30.0 Å². The minimum atomic E-state index is 0.311. The van der Waals surface area contributed by atoms with E-state index in [-0.39, 0.29) is 0 Å². The number of hydrogen-bond acceptors (Lipinski definition) is 6. The molecule has 2 fully saturated rings. The number of anilines is 1. The number of rotatable bonds is 2. The Morgan fingerprint density at radius 3 is 2.79 bits per heavy atom. The summed E-state index contributed by atoms with van der Waals surface area (Å²) in [6.45, 7) is 0. The number of nitrogens with two attached hydrogens (primary N) is 1. The number of fused-ring (bicyclic) bond motifs is 4. The van der Waals surface area contributed by atoms with Crippen molar-refractivity contribution in [2.24, 2.45) is 5.73 Å². The minimum absolute atomic E-state index is 0.311. The molecule has 3 atom stereocenters. The summed E-state index contributed by atoms with van der Waals surface area (Å²) in [5.74, 6) is 0.948. The van der Waals surface area contributed by atoms with E-state index >= 15 is 0 Å². The average molecular weight is 411 g/mol. The Bertz CT molecular complexity index is 1190. The lowest BCUT2D eigenvalue weighted by Gasteiger charge is -2.38. The first-order valence-electron chi connectivity index (χ1n) is 9.59. The maximum Gasteiger partial charge on any atom is 0.159 e. The van der Waals surface area contributed by atoms with Crippen LogP contribution in [0.3, 0.4) is 0 Å². The zero-order valence-corrected chi connectivity index (χ0v) is 16.7. The van der Waals surface area contributed by atoms with E-state index in [0.717, 1.165) is 56.2 Å². The van der Waals surface area contributed by atoms with E-state index in [4.69, 9.17) is 27.3 Å². The number of nitrogens with zero attached hydrogens (tertiary/aromatic N) is 4. The molecule has 2 bridgehead atoms. The molecule has 0 spiro atoms. The molecule has 8 heteroatoms. The van der Waals surface area contributed by atoms with Crippen LogP contribution in [0.25, 0.3) is 32.5 Å². The van der Waals surface area contributed by atoms with Crippen LogP contribution in [0, 0.1) is 0 Å². The van der Waals surface area contributed by atoms with E-state index in [2.05, 4.69) is 14.9 Å². The molecule has 4 aromatic rings. The number of halogens is 1. The first-order chi connectivity index (χ1) is 13.7. The summed E-state index contributed by atoms with van der Waals surface area (Å²) in [5.41, 5.74) is 12.5.